The van der Waals surface area contributed by atoms with Crippen molar-refractivity contribution in [2.24, 2.45) is 0 Å². The zero-order valence-electron chi connectivity index (χ0n) is 22.1. The van der Waals surface area contributed by atoms with Crippen molar-refractivity contribution in [3.63, 3.8) is 0 Å². The van der Waals surface area contributed by atoms with E-state index < -0.39 is 10.0 Å². The highest BCUT2D eigenvalue weighted by molar-refractivity contribution is 7.89. The Bertz CT molecular complexity index is 1300. The van der Waals surface area contributed by atoms with Crippen LogP contribution in [-0.4, -0.2) is 70.7 Å². The lowest BCUT2D eigenvalue weighted by molar-refractivity contribution is 0.0249. The SMILES string of the molecule is CCOC(CN1CCN(S(=O)(=O)c2ccc3c(c2)C(N(C)c2ccccc2)NCN3)CC1)c1ccccc1. The summed E-state index contributed by atoms with van der Waals surface area (Å²) in [6.45, 7) is 6.24. The van der Waals surface area contributed by atoms with Crippen LogP contribution in [0.15, 0.2) is 83.8 Å². The van der Waals surface area contributed by atoms with Crippen molar-refractivity contribution < 1.29 is 13.2 Å². The average molecular weight is 536 g/mol. The molecule has 0 spiro atoms. The van der Waals surface area contributed by atoms with E-state index in [1.807, 2.05) is 62.5 Å². The fourth-order valence-corrected chi connectivity index (χ4v) is 6.72. The molecule has 3 aromatic carbocycles. The number of para-hydroxylation sites is 1. The zero-order chi connectivity index (χ0) is 26.5. The first-order valence-corrected chi connectivity index (χ1v) is 14.7. The van der Waals surface area contributed by atoms with E-state index in [1.54, 1.807) is 10.4 Å². The molecular formula is C29H37N5O3S. The molecule has 0 radical (unpaired) electrons. The van der Waals surface area contributed by atoms with Gasteiger partial charge in [-0.25, -0.2) is 8.42 Å². The average Bonchev–Trinajstić information content (AvgIpc) is 2.97. The summed E-state index contributed by atoms with van der Waals surface area (Å²) in [5.74, 6) is 0. The molecule has 0 bridgehead atoms. The standard InChI is InChI=1S/C29H37N5O3S/c1-3-37-28(23-10-6-4-7-11-23)21-33-16-18-34(19-17-33)38(35,36)25-14-15-27-26(20-25)29(31-22-30-27)32(2)24-12-8-5-9-13-24/h4-15,20,28-31H,3,16-19,21-22H2,1-2H3. The molecule has 2 aliphatic rings. The molecule has 202 valence electrons. The van der Waals surface area contributed by atoms with Crippen molar-refractivity contribution >= 4 is 21.4 Å². The molecule has 8 nitrogen and oxygen atoms in total. The summed E-state index contributed by atoms with van der Waals surface area (Å²) >= 11 is 0. The van der Waals surface area contributed by atoms with Crippen molar-refractivity contribution in [1.29, 1.82) is 0 Å². The summed E-state index contributed by atoms with van der Waals surface area (Å²) < 4.78 is 35.0. The molecule has 5 rings (SSSR count). The Morgan fingerprint density at radius 3 is 2.34 bits per heavy atom. The van der Waals surface area contributed by atoms with Crippen LogP contribution in [0.2, 0.25) is 0 Å². The van der Waals surface area contributed by atoms with Gasteiger partial charge in [0.15, 0.2) is 0 Å². The number of nitrogens with zero attached hydrogens (tertiary/aromatic N) is 3. The highest BCUT2D eigenvalue weighted by atomic mass is 32.2. The van der Waals surface area contributed by atoms with Gasteiger partial charge in [0, 0.05) is 63.3 Å². The lowest BCUT2D eigenvalue weighted by atomic mass is 10.1. The molecule has 0 aromatic heterocycles. The normalized spacial score (nSPS) is 19.4. The van der Waals surface area contributed by atoms with E-state index in [-0.39, 0.29) is 12.3 Å². The Morgan fingerprint density at radius 2 is 1.66 bits per heavy atom. The summed E-state index contributed by atoms with van der Waals surface area (Å²) in [7, 11) is -1.60. The number of hydrogen-bond acceptors (Lipinski definition) is 7. The molecule has 2 aliphatic heterocycles. The molecule has 3 aromatic rings. The number of hydrogen-bond donors (Lipinski definition) is 2. The second-order valence-electron chi connectivity index (χ2n) is 9.72. The molecule has 2 N–H and O–H groups in total. The second kappa shape index (κ2) is 11.8. The van der Waals surface area contributed by atoms with Gasteiger partial charge in [0.2, 0.25) is 10.0 Å². The van der Waals surface area contributed by atoms with Crippen molar-refractivity contribution in [2.75, 3.05) is 63.3 Å². The Hall–Kier alpha value is -2.95. The van der Waals surface area contributed by atoms with E-state index in [2.05, 4.69) is 44.7 Å². The van der Waals surface area contributed by atoms with E-state index in [1.165, 1.54) is 0 Å². The van der Waals surface area contributed by atoms with Gasteiger partial charge in [-0.3, -0.25) is 10.2 Å². The number of rotatable bonds is 9. The first-order valence-electron chi connectivity index (χ1n) is 13.3. The lowest BCUT2D eigenvalue weighted by Crippen LogP contribution is -2.49. The van der Waals surface area contributed by atoms with Gasteiger partial charge in [-0.15, -0.1) is 0 Å². The molecule has 2 heterocycles. The molecule has 0 aliphatic carbocycles. The minimum Gasteiger partial charge on any atom is -0.372 e. The van der Waals surface area contributed by atoms with Crippen molar-refractivity contribution in [1.82, 2.24) is 14.5 Å². The molecule has 38 heavy (non-hydrogen) atoms. The number of anilines is 2. The van der Waals surface area contributed by atoms with Crippen LogP contribution in [0, 0.1) is 0 Å². The third-order valence-corrected chi connectivity index (χ3v) is 9.27. The maximum Gasteiger partial charge on any atom is 0.243 e. The summed E-state index contributed by atoms with van der Waals surface area (Å²) in [6.07, 6.45) is -0.169. The Labute approximate surface area is 226 Å². The number of fused-ring (bicyclic) bond motifs is 1. The van der Waals surface area contributed by atoms with Gasteiger partial charge in [-0.2, -0.15) is 4.31 Å². The van der Waals surface area contributed by atoms with Crippen LogP contribution >= 0.6 is 0 Å². The molecule has 1 saturated heterocycles. The largest absolute Gasteiger partial charge is 0.372 e. The van der Waals surface area contributed by atoms with E-state index in [9.17, 15) is 8.42 Å². The summed E-state index contributed by atoms with van der Waals surface area (Å²) in [5.41, 5.74) is 4.08. The van der Waals surface area contributed by atoms with Crippen LogP contribution in [0.25, 0.3) is 0 Å². The van der Waals surface area contributed by atoms with Gasteiger partial charge in [-0.05, 0) is 42.8 Å². The number of sulfonamides is 1. The highest BCUT2D eigenvalue weighted by Crippen LogP contribution is 2.33. The molecule has 9 heteroatoms. The van der Waals surface area contributed by atoms with E-state index in [4.69, 9.17) is 4.74 Å². The summed E-state index contributed by atoms with van der Waals surface area (Å²) in [5, 5.41) is 6.81. The minimum atomic E-state index is -3.62. The Morgan fingerprint density at radius 1 is 0.974 bits per heavy atom. The summed E-state index contributed by atoms with van der Waals surface area (Å²) in [6, 6.07) is 25.8. The van der Waals surface area contributed by atoms with Gasteiger partial charge < -0.3 is 15.0 Å². The maximum absolute atomic E-state index is 13.7. The third-order valence-electron chi connectivity index (χ3n) is 7.37. The van der Waals surface area contributed by atoms with Gasteiger partial charge in [0.05, 0.1) is 17.7 Å². The summed E-state index contributed by atoms with van der Waals surface area (Å²) in [4.78, 5) is 4.76. The molecule has 0 saturated carbocycles. The molecule has 1 fully saturated rings. The smallest absolute Gasteiger partial charge is 0.243 e. The topological polar surface area (TPSA) is 77.2 Å². The van der Waals surface area contributed by atoms with Gasteiger partial charge in [-0.1, -0.05) is 48.5 Å². The predicted molar refractivity (Wildman–Crippen MR) is 152 cm³/mol. The first kappa shape index (κ1) is 26.6. The lowest BCUT2D eigenvalue weighted by Gasteiger charge is -2.37. The fraction of sp³-hybridized carbons (Fsp3) is 0.379. The van der Waals surface area contributed by atoms with Gasteiger partial charge in [0.25, 0.3) is 0 Å². The van der Waals surface area contributed by atoms with E-state index >= 15 is 0 Å². The second-order valence-corrected chi connectivity index (χ2v) is 11.7. The van der Waals surface area contributed by atoms with Crippen molar-refractivity contribution in [3.05, 3.63) is 90.0 Å². The highest BCUT2D eigenvalue weighted by Gasteiger charge is 2.32. The molecular weight excluding hydrogens is 498 g/mol. The van der Waals surface area contributed by atoms with Crippen LogP contribution in [0.1, 0.15) is 30.3 Å². The van der Waals surface area contributed by atoms with Crippen LogP contribution in [0.4, 0.5) is 11.4 Å². The monoisotopic (exact) mass is 535 g/mol. The number of piperazine rings is 1. The quantitative estimate of drug-likeness (QED) is 0.431. The number of benzene rings is 3. The van der Waals surface area contributed by atoms with E-state index in [0.717, 1.165) is 29.0 Å². The Kier molecular flexibility index (Phi) is 8.30. The van der Waals surface area contributed by atoms with Crippen LogP contribution in [-0.2, 0) is 14.8 Å². The van der Waals surface area contributed by atoms with Crippen LogP contribution in [0.3, 0.4) is 0 Å². The van der Waals surface area contributed by atoms with Gasteiger partial charge >= 0.3 is 0 Å². The van der Waals surface area contributed by atoms with Crippen molar-refractivity contribution in [3.8, 4) is 0 Å². The van der Waals surface area contributed by atoms with E-state index in [0.29, 0.717) is 44.4 Å². The van der Waals surface area contributed by atoms with Crippen LogP contribution in [0.5, 0.6) is 0 Å². The number of nitrogens with one attached hydrogen (secondary N) is 2. The van der Waals surface area contributed by atoms with Crippen molar-refractivity contribution in [2.45, 2.75) is 24.1 Å². The first-order chi connectivity index (χ1) is 18.5. The molecule has 0 amide bonds. The number of ether oxygens (including phenoxy) is 1. The van der Waals surface area contributed by atoms with Gasteiger partial charge in [0.1, 0.15) is 6.17 Å². The minimum absolute atomic E-state index is 0.0245. The predicted octanol–water partition coefficient (Wildman–Crippen LogP) is 3.88. The van der Waals surface area contributed by atoms with Crippen LogP contribution < -0.4 is 15.5 Å². The fourth-order valence-electron chi connectivity index (χ4n) is 5.26. The Balaban J connectivity index is 1.29. The molecule has 2 unspecified atom stereocenters. The third kappa shape index (κ3) is 5.72. The maximum atomic E-state index is 13.7. The zero-order valence-corrected chi connectivity index (χ0v) is 22.9. The molecule has 2 atom stereocenters.